The molecule has 0 bridgehead atoms. The Morgan fingerprint density at radius 2 is 1.65 bits per heavy atom. The lowest BCUT2D eigenvalue weighted by atomic mass is 10.0. The lowest BCUT2D eigenvalue weighted by Gasteiger charge is -2.02. The van der Waals surface area contributed by atoms with E-state index in [2.05, 4.69) is 15.2 Å². The molecule has 2 N–H and O–H groups in total. The van der Waals surface area contributed by atoms with Crippen molar-refractivity contribution in [2.45, 2.75) is 0 Å². The molecular formula is C15H11N3O2. The van der Waals surface area contributed by atoms with Crippen LogP contribution in [-0.2, 0) is 0 Å². The van der Waals surface area contributed by atoms with E-state index in [1.54, 1.807) is 0 Å². The standard InChI is InChI=1S/C15H11N3O2/c19-15(20)14-16-13(17-18-14)12-8-4-7-11(9-12)10-5-2-1-3-6-10/h1-9H,(H,19,20)(H,16,17,18). The Balaban J connectivity index is 2.01. The molecule has 0 aliphatic rings. The van der Waals surface area contributed by atoms with Gasteiger partial charge in [-0.25, -0.2) is 9.78 Å². The van der Waals surface area contributed by atoms with Crippen LogP contribution in [0.3, 0.4) is 0 Å². The van der Waals surface area contributed by atoms with Gasteiger partial charge in [-0.15, -0.1) is 0 Å². The van der Waals surface area contributed by atoms with Crippen molar-refractivity contribution < 1.29 is 9.90 Å². The first-order valence-electron chi connectivity index (χ1n) is 6.05. The molecule has 1 heterocycles. The van der Waals surface area contributed by atoms with E-state index in [0.29, 0.717) is 5.82 Å². The number of rotatable bonds is 3. The quantitative estimate of drug-likeness (QED) is 0.763. The van der Waals surface area contributed by atoms with Gasteiger partial charge in [-0.2, -0.15) is 5.10 Å². The van der Waals surface area contributed by atoms with Crippen LogP contribution < -0.4 is 0 Å². The molecule has 3 rings (SSSR count). The van der Waals surface area contributed by atoms with Crippen LogP contribution in [0.1, 0.15) is 10.6 Å². The molecule has 0 saturated carbocycles. The predicted octanol–water partition coefficient (Wildman–Crippen LogP) is 2.84. The molecule has 3 aromatic rings. The maximum atomic E-state index is 10.8. The molecule has 0 atom stereocenters. The van der Waals surface area contributed by atoms with Gasteiger partial charge in [-0.05, 0) is 17.2 Å². The van der Waals surface area contributed by atoms with Gasteiger partial charge >= 0.3 is 5.97 Å². The number of H-pyrrole nitrogens is 1. The van der Waals surface area contributed by atoms with Crippen molar-refractivity contribution in [2.24, 2.45) is 0 Å². The minimum atomic E-state index is -1.12. The fourth-order valence-corrected chi connectivity index (χ4v) is 1.95. The fourth-order valence-electron chi connectivity index (χ4n) is 1.95. The van der Waals surface area contributed by atoms with Crippen molar-refractivity contribution in [3.8, 4) is 22.5 Å². The molecule has 0 aliphatic heterocycles. The van der Waals surface area contributed by atoms with Crippen LogP contribution in [0.15, 0.2) is 54.6 Å². The van der Waals surface area contributed by atoms with Crippen LogP contribution >= 0.6 is 0 Å². The van der Waals surface area contributed by atoms with Crippen molar-refractivity contribution in [3.63, 3.8) is 0 Å². The first kappa shape index (κ1) is 12.1. The maximum absolute atomic E-state index is 10.8. The number of nitrogens with one attached hydrogen (secondary N) is 1. The summed E-state index contributed by atoms with van der Waals surface area (Å²) in [7, 11) is 0. The number of hydrogen-bond acceptors (Lipinski definition) is 3. The van der Waals surface area contributed by atoms with E-state index in [4.69, 9.17) is 5.11 Å². The summed E-state index contributed by atoms with van der Waals surface area (Å²) in [5.74, 6) is -0.909. The molecule has 0 saturated heterocycles. The van der Waals surface area contributed by atoms with E-state index in [1.165, 1.54) is 0 Å². The van der Waals surface area contributed by atoms with Crippen LogP contribution in [0.25, 0.3) is 22.5 Å². The number of benzene rings is 2. The normalized spacial score (nSPS) is 10.4. The van der Waals surface area contributed by atoms with Gasteiger partial charge in [0.15, 0.2) is 5.82 Å². The topological polar surface area (TPSA) is 78.9 Å². The number of carboxylic acid groups (broad SMARTS) is 1. The van der Waals surface area contributed by atoms with E-state index in [0.717, 1.165) is 16.7 Å². The van der Waals surface area contributed by atoms with Gasteiger partial charge in [0.1, 0.15) is 0 Å². The summed E-state index contributed by atoms with van der Waals surface area (Å²) in [6.07, 6.45) is 0. The zero-order valence-corrected chi connectivity index (χ0v) is 10.4. The first-order chi connectivity index (χ1) is 9.74. The average molecular weight is 265 g/mol. The predicted molar refractivity (Wildman–Crippen MR) is 74.2 cm³/mol. The molecular weight excluding hydrogens is 254 g/mol. The first-order valence-corrected chi connectivity index (χ1v) is 6.05. The summed E-state index contributed by atoms with van der Waals surface area (Å²) in [4.78, 5) is 14.7. The Bertz CT molecular complexity index is 751. The van der Waals surface area contributed by atoms with Gasteiger partial charge < -0.3 is 5.11 Å². The monoisotopic (exact) mass is 265 g/mol. The molecule has 0 aliphatic carbocycles. The van der Waals surface area contributed by atoms with Gasteiger partial charge in [-0.1, -0.05) is 48.5 Å². The minimum absolute atomic E-state index is 0.162. The van der Waals surface area contributed by atoms with E-state index in [9.17, 15) is 4.79 Å². The van der Waals surface area contributed by atoms with Crippen LogP contribution in [0, 0.1) is 0 Å². The summed E-state index contributed by atoms with van der Waals surface area (Å²) < 4.78 is 0. The zero-order chi connectivity index (χ0) is 13.9. The van der Waals surface area contributed by atoms with Gasteiger partial charge in [0, 0.05) is 5.56 Å². The second-order valence-electron chi connectivity index (χ2n) is 4.26. The van der Waals surface area contributed by atoms with Gasteiger partial charge in [0.2, 0.25) is 5.82 Å². The van der Waals surface area contributed by atoms with Gasteiger partial charge in [-0.3, -0.25) is 5.10 Å². The third-order valence-electron chi connectivity index (χ3n) is 2.92. The molecule has 5 heteroatoms. The molecule has 0 radical (unpaired) electrons. The molecule has 0 amide bonds. The van der Waals surface area contributed by atoms with Gasteiger partial charge in [0.25, 0.3) is 0 Å². The Hall–Kier alpha value is -2.95. The van der Waals surface area contributed by atoms with E-state index < -0.39 is 5.97 Å². The number of aromatic carboxylic acids is 1. The molecule has 2 aromatic carbocycles. The fraction of sp³-hybridized carbons (Fsp3) is 0. The highest BCUT2D eigenvalue weighted by Gasteiger charge is 2.11. The number of aromatic nitrogens is 3. The average Bonchev–Trinajstić information content (AvgIpc) is 2.98. The highest BCUT2D eigenvalue weighted by atomic mass is 16.4. The largest absolute Gasteiger partial charge is 0.475 e. The number of carboxylic acids is 1. The van der Waals surface area contributed by atoms with Crippen LogP contribution in [-0.4, -0.2) is 26.3 Å². The third-order valence-corrected chi connectivity index (χ3v) is 2.92. The molecule has 1 aromatic heterocycles. The van der Waals surface area contributed by atoms with Crippen molar-refractivity contribution in [2.75, 3.05) is 0 Å². The van der Waals surface area contributed by atoms with Crippen molar-refractivity contribution in [1.29, 1.82) is 0 Å². The van der Waals surface area contributed by atoms with Crippen LogP contribution in [0.4, 0.5) is 0 Å². The third kappa shape index (κ3) is 2.29. The van der Waals surface area contributed by atoms with E-state index >= 15 is 0 Å². The zero-order valence-electron chi connectivity index (χ0n) is 10.4. The summed E-state index contributed by atoms with van der Waals surface area (Å²) in [5.41, 5.74) is 2.89. The molecule has 5 nitrogen and oxygen atoms in total. The Labute approximate surface area is 114 Å². The second-order valence-corrected chi connectivity index (χ2v) is 4.26. The summed E-state index contributed by atoms with van der Waals surface area (Å²) >= 11 is 0. The summed E-state index contributed by atoms with van der Waals surface area (Å²) in [5, 5.41) is 15.2. The molecule has 0 unspecified atom stereocenters. The highest BCUT2D eigenvalue weighted by molar-refractivity contribution is 5.83. The lowest BCUT2D eigenvalue weighted by molar-refractivity contribution is 0.0684. The Morgan fingerprint density at radius 3 is 2.35 bits per heavy atom. The number of carbonyl (C=O) groups is 1. The second kappa shape index (κ2) is 4.97. The van der Waals surface area contributed by atoms with Crippen molar-refractivity contribution in [1.82, 2.24) is 15.2 Å². The number of aromatic amines is 1. The number of nitrogens with zero attached hydrogens (tertiary/aromatic N) is 2. The van der Waals surface area contributed by atoms with E-state index in [1.807, 2.05) is 54.6 Å². The molecule has 0 fully saturated rings. The van der Waals surface area contributed by atoms with Crippen molar-refractivity contribution >= 4 is 5.97 Å². The number of hydrogen-bond donors (Lipinski definition) is 2. The maximum Gasteiger partial charge on any atom is 0.373 e. The van der Waals surface area contributed by atoms with Gasteiger partial charge in [0.05, 0.1) is 0 Å². The lowest BCUT2D eigenvalue weighted by Crippen LogP contribution is -1.98. The molecule has 20 heavy (non-hydrogen) atoms. The van der Waals surface area contributed by atoms with Crippen LogP contribution in [0.2, 0.25) is 0 Å². The minimum Gasteiger partial charge on any atom is -0.475 e. The Kier molecular flexibility index (Phi) is 3.01. The summed E-state index contributed by atoms with van der Waals surface area (Å²) in [6.45, 7) is 0. The van der Waals surface area contributed by atoms with E-state index in [-0.39, 0.29) is 5.82 Å². The van der Waals surface area contributed by atoms with Crippen LogP contribution in [0.5, 0.6) is 0 Å². The Morgan fingerprint density at radius 1 is 0.950 bits per heavy atom. The molecule has 98 valence electrons. The van der Waals surface area contributed by atoms with Crippen molar-refractivity contribution in [3.05, 3.63) is 60.4 Å². The smallest absolute Gasteiger partial charge is 0.373 e. The highest BCUT2D eigenvalue weighted by Crippen LogP contribution is 2.24. The SMILES string of the molecule is O=C(O)c1nc(-c2cccc(-c3ccccc3)c2)n[nH]1. The molecule has 0 spiro atoms. The summed E-state index contributed by atoms with van der Waals surface area (Å²) in [6, 6.07) is 17.6.